The molecule has 22 N–H and O–H groups in total. The van der Waals surface area contributed by atoms with Gasteiger partial charge < -0.3 is 91.4 Å². The van der Waals surface area contributed by atoms with Gasteiger partial charge in [-0.3, -0.25) is 24.0 Å². The Morgan fingerprint density at radius 3 is 1.10 bits per heavy atom. The van der Waals surface area contributed by atoms with E-state index < -0.39 is 154 Å². The first kappa shape index (κ1) is 72.9. The molecular weight excluding hydrogens is 1100 g/mol. The van der Waals surface area contributed by atoms with Gasteiger partial charge in [-0.2, -0.15) is 0 Å². The number of nitrogens with one attached hydrogen (secondary N) is 9. The van der Waals surface area contributed by atoms with E-state index in [1.807, 2.05) is 27.2 Å². The Morgan fingerprint density at radius 2 is 0.753 bits per heavy atom. The fourth-order valence-corrected chi connectivity index (χ4v) is 5.70. The van der Waals surface area contributed by atoms with Gasteiger partial charge in [-0.1, -0.05) is 0 Å². The first-order chi connectivity index (χ1) is 38.6. The molecule has 43 nitrogen and oxygen atoms in total. The summed E-state index contributed by atoms with van der Waals surface area (Å²) in [5.74, 6) is -11.8. The third kappa shape index (κ3) is 32.5. The van der Waals surface area contributed by atoms with Gasteiger partial charge >= 0.3 is 29.6 Å². The standard InChI is InChI=1S/C38H72N22O21/c39-13-5-1-9-24(48-31(65)18-44-29(63)17-46-33(67)23(43)21-61)34(68)57(74)54-79-51-26(11-3-7-15-41)36(70)59(76)56-81-52-27(12-4-8-16-42)37(71)60(77)55-80-50-25(10-2-6-14-40)35(69)58(75)53-78-47-20-30(64)45-19-32(66)49-28(22-62)38(72)73/h23-28,47,50-52,61-62H,1-22,39-43H2,(H,44,63)(H,45,64)(H,46,67)(H,48,65)(H,49,66)(H,72,73)/b57-54-,58-53-,59-56-,60-55-/t23-,24-,25-,26-,27-,28-/m0/s1. The molecule has 0 radical (unpaired) electrons. The quantitative estimate of drug-likeness (QED) is 0.0117. The number of rotatable bonds is 45. The Kier molecular flexibility index (Phi) is 39.3. The van der Waals surface area contributed by atoms with Gasteiger partial charge in [-0.05, 0) is 103 Å². The summed E-state index contributed by atoms with van der Waals surface area (Å²) in [6.07, 6.45) is 1.16. The minimum atomic E-state index is -1.69. The molecule has 0 unspecified atom stereocenters. The average molecular weight is 1170 g/mol. The number of carbonyl (C=O) groups excluding carboxylic acids is 9. The van der Waals surface area contributed by atoms with E-state index in [2.05, 4.69) is 52.3 Å². The minimum absolute atomic E-state index is 0.129. The number of hydroxylamine groups is 8. The number of aliphatic carboxylic acids is 1. The van der Waals surface area contributed by atoms with Crippen molar-refractivity contribution in [3.05, 3.63) is 20.8 Å². The van der Waals surface area contributed by atoms with Crippen molar-refractivity contribution < 1.29 is 102 Å². The molecule has 0 aromatic carbocycles. The maximum Gasteiger partial charge on any atom is 0.448 e. The molecule has 0 rings (SSSR count). The number of nitrogens with zero attached hydrogens (tertiary/aromatic N) is 8. The zero-order valence-corrected chi connectivity index (χ0v) is 43.7. The summed E-state index contributed by atoms with van der Waals surface area (Å²) >= 11 is 0. The SMILES string of the molecule is NCCCC[C@H](NO/N=[N+](\[O-])C(=O)[C@H](CCCCN)NO/N=[N+](\[O-])C(=O)[C@H](CCCCN)NO/N=[N+](\[O-])C(=O)[C@H](CCCCN)NC(=O)CNC(=O)CNC(=O)[C@@H](N)CO)C(=O)/[N+]([O-])=N/ONCC(=O)NCC(=O)N[C@@H](CO)C(=O)O. The minimum Gasteiger partial charge on any atom is -0.589 e. The zero-order chi connectivity index (χ0) is 61.1. The van der Waals surface area contributed by atoms with Gasteiger partial charge in [-0.25, -0.2) is 43.7 Å². The maximum absolute atomic E-state index is 13.1. The van der Waals surface area contributed by atoms with Gasteiger partial charge in [0.1, 0.15) is 18.6 Å². The molecule has 0 aliphatic heterocycles. The summed E-state index contributed by atoms with van der Waals surface area (Å²) in [7, 11) is 0. The number of nitrogens with two attached hydrogens (primary N) is 5. The molecule has 0 heterocycles. The number of carbonyl (C=O) groups is 10. The molecule has 0 saturated carbocycles. The lowest BCUT2D eigenvalue weighted by Gasteiger charge is -2.15. The van der Waals surface area contributed by atoms with Crippen LogP contribution in [0, 0.1) is 20.8 Å². The lowest BCUT2D eigenvalue weighted by Crippen LogP contribution is -2.50. The Morgan fingerprint density at radius 1 is 0.432 bits per heavy atom. The van der Waals surface area contributed by atoms with Crippen molar-refractivity contribution in [1.29, 1.82) is 0 Å². The molecule has 6 atom stereocenters. The van der Waals surface area contributed by atoms with Crippen LogP contribution in [0.15, 0.2) is 21.1 Å². The molecular formula is C38H72N22O21. The molecule has 0 fully saturated rings. The summed E-state index contributed by atoms with van der Waals surface area (Å²) < 4.78 is 0. The van der Waals surface area contributed by atoms with E-state index in [-0.39, 0.29) is 77.5 Å². The fourth-order valence-electron chi connectivity index (χ4n) is 5.70. The van der Waals surface area contributed by atoms with Crippen molar-refractivity contribution in [3.8, 4) is 0 Å². The van der Waals surface area contributed by atoms with Gasteiger partial charge in [-0.15, -0.1) is 21.9 Å². The Labute approximate surface area is 459 Å². The first-order valence-electron chi connectivity index (χ1n) is 24.5. The summed E-state index contributed by atoms with van der Waals surface area (Å²) in [5, 5.41) is 99.8. The maximum atomic E-state index is 13.1. The zero-order valence-electron chi connectivity index (χ0n) is 43.7. The lowest BCUT2D eigenvalue weighted by molar-refractivity contribution is -0.501. The van der Waals surface area contributed by atoms with Crippen molar-refractivity contribution in [2.75, 3.05) is 65.6 Å². The Balaban J connectivity index is 5.86. The normalized spacial score (nSPS) is 14.2. The number of aliphatic hydroxyl groups is 2. The van der Waals surface area contributed by atoms with Crippen LogP contribution in [0.3, 0.4) is 0 Å². The van der Waals surface area contributed by atoms with Crippen molar-refractivity contribution >= 4 is 59.1 Å². The van der Waals surface area contributed by atoms with Crippen LogP contribution in [0.2, 0.25) is 0 Å². The smallest absolute Gasteiger partial charge is 0.448 e. The van der Waals surface area contributed by atoms with Crippen LogP contribution in [-0.2, 0) is 67.7 Å². The van der Waals surface area contributed by atoms with Gasteiger partial charge in [0, 0.05) is 19.4 Å². The van der Waals surface area contributed by atoms with Crippen molar-refractivity contribution in [2.24, 2.45) is 49.8 Å². The molecule has 460 valence electrons. The van der Waals surface area contributed by atoms with Gasteiger partial charge in [0.05, 0.1) is 32.8 Å². The van der Waals surface area contributed by atoms with Crippen LogP contribution < -0.4 is 77.2 Å². The van der Waals surface area contributed by atoms with Crippen molar-refractivity contribution in [2.45, 2.75) is 113 Å². The molecule has 0 aliphatic rings. The van der Waals surface area contributed by atoms with Gasteiger partial charge in [0.2, 0.25) is 50.6 Å². The average Bonchev–Trinajstić information content (AvgIpc) is 3.45. The van der Waals surface area contributed by atoms with Gasteiger partial charge in [0.15, 0.2) is 24.2 Å². The van der Waals surface area contributed by atoms with E-state index in [1.54, 1.807) is 0 Å². The van der Waals surface area contributed by atoms with E-state index in [0.717, 1.165) is 0 Å². The highest BCUT2D eigenvalue weighted by atomic mass is 16.8. The number of amides is 9. The molecule has 0 aromatic rings. The summed E-state index contributed by atoms with van der Waals surface area (Å²) in [5.41, 5.74) is 35.3. The second-order valence-corrected chi connectivity index (χ2v) is 16.4. The summed E-state index contributed by atoms with van der Waals surface area (Å²) in [6, 6.07) is -9.47. The fraction of sp³-hybridized carbons (Fsp3) is 0.737. The van der Waals surface area contributed by atoms with Gasteiger partial charge in [0.25, 0.3) is 0 Å². The third-order valence-corrected chi connectivity index (χ3v) is 10.1. The highest BCUT2D eigenvalue weighted by molar-refractivity contribution is 5.91. The van der Waals surface area contributed by atoms with Crippen LogP contribution in [0.1, 0.15) is 77.0 Å². The number of unbranched alkanes of at least 4 members (excludes halogenated alkanes) is 4. The van der Waals surface area contributed by atoms with Crippen molar-refractivity contribution in [3.63, 3.8) is 0 Å². The van der Waals surface area contributed by atoms with Crippen LogP contribution in [-0.4, -0.2) is 196 Å². The van der Waals surface area contributed by atoms with Crippen LogP contribution in [0.25, 0.3) is 0 Å². The Hall–Kier alpha value is -8.14. The largest absolute Gasteiger partial charge is 0.589 e. The van der Waals surface area contributed by atoms with Crippen LogP contribution >= 0.6 is 0 Å². The third-order valence-electron chi connectivity index (χ3n) is 10.1. The predicted molar refractivity (Wildman–Crippen MR) is 262 cm³/mol. The van der Waals surface area contributed by atoms with Crippen molar-refractivity contribution in [1.82, 2.24) is 48.5 Å². The lowest BCUT2D eigenvalue weighted by atomic mass is 10.1. The topological polar surface area (TPSA) is 660 Å². The molecule has 0 aromatic heterocycles. The second-order valence-electron chi connectivity index (χ2n) is 16.4. The molecule has 43 heteroatoms. The summed E-state index contributed by atoms with van der Waals surface area (Å²) in [4.78, 5) is 139. The van der Waals surface area contributed by atoms with E-state index >= 15 is 0 Å². The number of carboxylic acids is 1. The number of hydrogen-bond acceptors (Lipinski definition) is 33. The molecule has 0 bridgehead atoms. The van der Waals surface area contributed by atoms with E-state index in [4.69, 9.17) is 53.9 Å². The second kappa shape index (κ2) is 43.7. The first-order valence-corrected chi connectivity index (χ1v) is 24.5. The molecule has 0 saturated heterocycles. The molecule has 0 aliphatic carbocycles. The molecule has 81 heavy (non-hydrogen) atoms. The summed E-state index contributed by atoms with van der Waals surface area (Å²) in [6.45, 7) is -3.82. The highest BCUT2D eigenvalue weighted by Crippen LogP contribution is 2.08. The highest BCUT2D eigenvalue weighted by Gasteiger charge is 2.34. The Bertz CT molecular complexity index is 2140. The monoisotopic (exact) mass is 1170 g/mol. The molecule has 9 amide bonds. The van der Waals surface area contributed by atoms with E-state index in [0.29, 0.717) is 25.7 Å². The molecule has 0 spiro atoms. The number of aliphatic hydroxyl groups excluding tert-OH is 2. The number of carboxylic acid groups (broad SMARTS) is 1. The van der Waals surface area contributed by atoms with E-state index in [1.165, 1.54) is 0 Å². The predicted octanol–water partition coefficient (Wildman–Crippen LogP) is -8.98. The van der Waals surface area contributed by atoms with Crippen LogP contribution in [0.5, 0.6) is 0 Å². The number of hydrogen-bond donors (Lipinski definition) is 17. The van der Waals surface area contributed by atoms with Crippen LogP contribution in [0.4, 0.5) is 0 Å². The van der Waals surface area contributed by atoms with E-state index in [9.17, 15) is 68.8 Å².